The van der Waals surface area contributed by atoms with Gasteiger partial charge in [-0.05, 0) is 50.2 Å². The predicted octanol–water partition coefficient (Wildman–Crippen LogP) is 3.29. The number of nitrogens with one attached hydrogen (secondary N) is 2. The van der Waals surface area contributed by atoms with Crippen LogP contribution in [0.25, 0.3) is 0 Å². The summed E-state index contributed by atoms with van der Waals surface area (Å²) >= 11 is 0. The van der Waals surface area contributed by atoms with Crippen LogP contribution in [0.3, 0.4) is 0 Å². The van der Waals surface area contributed by atoms with E-state index in [9.17, 15) is 9.59 Å². The number of nitrogens with zero attached hydrogens (tertiary/aromatic N) is 1. The van der Waals surface area contributed by atoms with Crippen LogP contribution >= 0.6 is 0 Å². The van der Waals surface area contributed by atoms with Crippen molar-refractivity contribution in [3.05, 3.63) is 65.7 Å². The summed E-state index contributed by atoms with van der Waals surface area (Å²) < 4.78 is 0. The number of carbonyl (C=O) groups is 2. The van der Waals surface area contributed by atoms with Crippen LogP contribution in [-0.4, -0.2) is 35.8 Å². The third-order valence-corrected chi connectivity index (χ3v) is 4.21. The Morgan fingerprint density at radius 3 is 2.23 bits per heavy atom. The normalized spacial score (nSPS) is 10.8. The van der Waals surface area contributed by atoms with Crippen LogP contribution in [-0.2, 0) is 11.3 Å². The molecule has 2 rings (SSSR count). The number of anilines is 1. The summed E-state index contributed by atoms with van der Waals surface area (Å²) in [7, 11) is 0. The van der Waals surface area contributed by atoms with Crippen LogP contribution in [0.4, 0.5) is 5.69 Å². The fourth-order valence-corrected chi connectivity index (χ4v) is 2.64. The van der Waals surface area contributed by atoms with Gasteiger partial charge in [0, 0.05) is 23.8 Å². The molecule has 138 valence electrons. The van der Waals surface area contributed by atoms with E-state index in [1.54, 1.807) is 24.3 Å². The van der Waals surface area contributed by atoms with E-state index in [0.29, 0.717) is 17.3 Å². The van der Waals surface area contributed by atoms with Gasteiger partial charge in [-0.1, -0.05) is 37.3 Å². The van der Waals surface area contributed by atoms with E-state index in [-0.39, 0.29) is 18.4 Å². The second kappa shape index (κ2) is 9.73. The zero-order chi connectivity index (χ0) is 18.9. The summed E-state index contributed by atoms with van der Waals surface area (Å²) in [5.41, 5.74) is 2.43. The number of amides is 2. The molecule has 0 saturated heterocycles. The molecule has 0 aliphatic heterocycles. The highest BCUT2D eigenvalue weighted by molar-refractivity contribution is 5.99. The average Bonchev–Trinajstić information content (AvgIpc) is 2.65. The number of para-hydroxylation sites is 1. The van der Waals surface area contributed by atoms with E-state index < -0.39 is 0 Å². The quantitative estimate of drug-likeness (QED) is 0.765. The summed E-state index contributed by atoms with van der Waals surface area (Å²) in [5, 5.41) is 5.38. The topological polar surface area (TPSA) is 61.4 Å². The Hall–Kier alpha value is -2.66. The minimum Gasteiger partial charge on any atom is -0.343 e. The molecule has 0 aliphatic carbocycles. The standard InChI is InChI=1S/C21H27N3O2/c1-4-24(16(2)3)15-17-10-12-18(13-11-17)21(26)22-14-20(25)23-19-8-6-5-7-9-19/h5-13,16H,4,14-15H2,1-3H3,(H,22,26)(H,23,25). The maximum absolute atomic E-state index is 12.2. The highest BCUT2D eigenvalue weighted by Crippen LogP contribution is 2.10. The molecule has 0 radical (unpaired) electrons. The predicted molar refractivity (Wildman–Crippen MR) is 105 cm³/mol. The van der Waals surface area contributed by atoms with Gasteiger partial charge in [-0.15, -0.1) is 0 Å². The number of carbonyl (C=O) groups excluding carboxylic acids is 2. The van der Waals surface area contributed by atoms with Gasteiger partial charge < -0.3 is 10.6 Å². The minimum absolute atomic E-state index is 0.0631. The summed E-state index contributed by atoms with van der Waals surface area (Å²) in [4.78, 5) is 26.4. The molecule has 5 nitrogen and oxygen atoms in total. The van der Waals surface area contributed by atoms with Gasteiger partial charge in [-0.25, -0.2) is 0 Å². The minimum atomic E-state index is -0.254. The third-order valence-electron chi connectivity index (χ3n) is 4.21. The molecule has 0 spiro atoms. The molecule has 0 aliphatic rings. The summed E-state index contributed by atoms with van der Waals surface area (Å²) in [5.74, 6) is -0.507. The van der Waals surface area contributed by atoms with Gasteiger partial charge >= 0.3 is 0 Å². The molecule has 0 heterocycles. The second-order valence-electron chi connectivity index (χ2n) is 6.45. The van der Waals surface area contributed by atoms with E-state index in [4.69, 9.17) is 0 Å². The number of hydrogen-bond donors (Lipinski definition) is 2. The molecule has 0 saturated carbocycles. The molecule has 2 amide bonds. The van der Waals surface area contributed by atoms with Gasteiger partial charge in [0.05, 0.1) is 6.54 Å². The van der Waals surface area contributed by atoms with Crippen LogP contribution in [0.1, 0.15) is 36.7 Å². The van der Waals surface area contributed by atoms with Crippen molar-refractivity contribution in [2.75, 3.05) is 18.4 Å². The Labute approximate surface area is 155 Å². The molecule has 0 fully saturated rings. The Morgan fingerprint density at radius 1 is 1.00 bits per heavy atom. The molecule has 0 aromatic heterocycles. The summed E-state index contributed by atoms with van der Waals surface area (Å²) in [6.07, 6.45) is 0. The molecule has 5 heteroatoms. The molecule has 0 unspecified atom stereocenters. The monoisotopic (exact) mass is 353 g/mol. The van der Waals surface area contributed by atoms with E-state index in [2.05, 4.69) is 36.3 Å². The van der Waals surface area contributed by atoms with Crippen molar-refractivity contribution < 1.29 is 9.59 Å². The van der Waals surface area contributed by atoms with Crippen molar-refractivity contribution in [2.24, 2.45) is 0 Å². The van der Waals surface area contributed by atoms with Crippen molar-refractivity contribution in [3.8, 4) is 0 Å². The lowest BCUT2D eigenvalue weighted by Crippen LogP contribution is -2.33. The van der Waals surface area contributed by atoms with Gasteiger partial charge in [0.1, 0.15) is 0 Å². The molecule has 0 bridgehead atoms. The van der Waals surface area contributed by atoms with Crippen molar-refractivity contribution in [1.29, 1.82) is 0 Å². The number of rotatable bonds is 8. The first-order chi connectivity index (χ1) is 12.5. The Balaban J connectivity index is 1.84. The Morgan fingerprint density at radius 2 is 1.65 bits per heavy atom. The highest BCUT2D eigenvalue weighted by atomic mass is 16.2. The Bertz CT molecular complexity index is 712. The lowest BCUT2D eigenvalue weighted by Gasteiger charge is -2.24. The maximum atomic E-state index is 12.2. The van der Waals surface area contributed by atoms with Crippen LogP contribution < -0.4 is 10.6 Å². The van der Waals surface area contributed by atoms with Crippen LogP contribution in [0, 0.1) is 0 Å². The summed E-state index contributed by atoms with van der Waals surface area (Å²) in [6.45, 7) is 8.26. The van der Waals surface area contributed by atoms with E-state index in [1.807, 2.05) is 30.3 Å². The third kappa shape index (κ3) is 6.01. The van der Waals surface area contributed by atoms with Crippen molar-refractivity contribution >= 4 is 17.5 Å². The molecule has 2 aromatic rings. The zero-order valence-corrected chi connectivity index (χ0v) is 15.7. The largest absolute Gasteiger partial charge is 0.343 e. The molecule has 2 N–H and O–H groups in total. The van der Waals surface area contributed by atoms with Gasteiger partial charge in [0.15, 0.2) is 0 Å². The van der Waals surface area contributed by atoms with E-state index in [0.717, 1.165) is 13.1 Å². The molecule has 0 atom stereocenters. The van der Waals surface area contributed by atoms with E-state index in [1.165, 1.54) is 5.56 Å². The fraction of sp³-hybridized carbons (Fsp3) is 0.333. The number of hydrogen-bond acceptors (Lipinski definition) is 3. The lowest BCUT2D eigenvalue weighted by molar-refractivity contribution is -0.115. The second-order valence-corrected chi connectivity index (χ2v) is 6.45. The van der Waals surface area contributed by atoms with Gasteiger partial charge in [0.2, 0.25) is 5.91 Å². The van der Waals surface area contributed by atoms with Crippen molar-refractivity contribution in [2.45, 2.75) is 33.4 Å². The van der Waals surface area contributed by atoms with Crippen LogP contribution in [0.2, 0.25) is 0 Å². The van der Waals surface area contributed by atoms with Gasteiger partial charge in [-0.3, -0.25) is 14.5 Å². The first-order valence-electron chi connectivity index (χ1n) is 8.95. The van der Waals surface area contributed by atoms with Crippen molar-refractivity contribution in [3.63, 3.8) is 0 Å². The average molecular weight is 353 g/mol. The first-order valence-corrected chi connectivity index (χ1v) is 8.95. The Kier molecular flexibility index (Phi) is 7.36. The number of benzene rings is 2. The zero-order valence-electron chi connectivity index (χ0n) is 15.7. The van der Waals surface area contributed by atoms with Gasteiger partial charge in [-0.2, -0.15) is 0 Å². The smallest absolute Gasteiger partial charge is 0.251 e. The maximum Gasteiger partial charge on any atom is 0.251 e. The molecular weight excluding hydrogens is 326 g/mol. The van der Waals surface area contributed by atoms with Crippen LogP contribution in [0.5, 0.6) is 0 Å². The van der Waals surface area contributed by atoms with Crippen LogP contribution in [0.15, 0.2) is 54.6 Å². The van der Waals surface area contributed by atoms with Crippen molar-refractivity contribution in [1.82, 2.24) is 10.2 Å². The first kappa shape index (κ1) is 19.7. The van der Waals surface area contributed by atoms with E-state index >= 15 is 0 Å². The molecule has 26 heavy (non-hydrogen) atoms. The SMILES string of the molecule is CCN(Cc1ccc(C(=O)NCC(=O)Nc2ccccc2)cc1)C(C)C. The molecule has 2 aromatic carbocycles. The van der Waals surface area contributed by atoms with Gasteiger partial charge in [0.25, 0.3) is 5.91 Å². The molecular formula is C21H27N3O2. The summed E-state index contributed by atoms with van der Waals surface area (Å²) in [6, 6.07) is 17.2. The highest BCUT2D eigenvalue weighted by Gasteiger charge is 2.10. The lowest BCUT2D eigenvalue weighted by atomic mass is 10.1. The fourth-order valence-electron chi connectivity index (χ4n) is 2.64.